The number of carbonyl (C=O) groups excluding carboxylic acids is 1. The van der Waals surface area contributed by atoms with E-state index in [-0.39, 0.29) is 17.7 Å². The van der Waals surface area contributed by atoms with Crippen molar-refractivity contribution in [3.8, 4) is 11.5 Å². The SMILES string of the molecule is COc1cc(C(=O)NC2CCNCC2)ccc1O. The number of phenols is 1. The third-order valence-corrected chi connectivity index (χ3v) is 3.12. The molecule has 1 aromatic rings. The van der Waals surface area contributed by atoms with E-state index in [4.69, 9.17) is 4.74 Å². The molecule has 0 spiro atoms. The molecule has 5 heteroatoms. The molecule has 0 aromatic heterocycles. The molecule has 98 valence electrons. The number of nitrogens with one attached hydrogen (secondary N) is 2. The molecule has 0 aliphatic carbocycles. The van der Waals surface area contributed by atoms with Gasteiger partial charge in [0.2, 0.25) is 0 Å². The van der Waals surface area contributed by atoms with Crippen molar-refractivity contribution in [2.45, 2.75) is 18.9 Å². The van der Waals surface area contributed by atoms with Crippen LogP contribution in [0.2, 0.25) is 0 Å². The van der Waals surface area contributed by atoms with E-state index >= 15 is 0 Å². The highest BCUT2D eigenvalue weighted by Crippen LogP contribution is 2.26. The molecule has 18 heavy (non-hydrogen) atoms. The number of hydrogen-bond acceptors (Lipinski definition) is 4. The van der Waals surface area contributed by atoms with Crippen LogP contribution in [0.1, 0.15) is 23.2 Å². The van der Waals surface area contributed by atoms with Gasteiger partial charge in [-0.1, -0.05) is 0 Å². The van der Waals surface area contributed by atoms with Crippen LogP contribution in [0.3, 0.4) is 0 Å². The molecular formula is C13H18N2O3. The van der Waals surface area contributed by atoms with Gasteiger partial charge < -0.3 is 20.5 Å². The van der Waals surface area contributed by atoms with Gasteiger partial charge >= 0.3 is 0 Å². The largest absolute Gasteiger partial charge is 0.504 e. The molecule has 1 aromatic carbocycles. The van der Waals surface area contributed by atoms with Crippen LogP contribution in [0.5, 0.6) is 11.5 Å². The lowest BCUT2D eigenvalue weighted by molar-refractivity contribution is 0.0929. The van der Waals surface area contributed by atoms with Crippen LogP contribution < -0.4 is 15.4 Å². The number of hydrogen-bond donors (Lipinski definition) is 3. The predicted molar refractivity (Wildman–Crippen MR) is 68.0 cm³/mol. The van der Waals surface area contributed by atoms with Crippen molar-refractivity contribution in [1.29, 1.82) is 0 Å². The Hall–Kier alpha value is -1.75. The fourth-order valence-electron chi connectivity index (χ4n) is 2.05. The van der Waals surface area contributed by atoms with E-state index in [9.17, 15) is 9.90 Å². The lowest BCUT2D eigenvalue weighted by Gasteiger charge is -2.23. The fraction of sp³-hybridized carbons (Fsp3) is 0.462. The molecule has 1 saturated heterocycles. The molecule has 2 rings (SSSR count). The zero-order valence-electron chi connectivity index (χ0n) is 10.4. The van der Waals surface area contributed by atoms with Crippen LogP contribution in [0.4, 0.5) is 0 Å². The predicted octanol–water partition coefficient (Wildman–Crippen LogP) is 0.883. The first-order valence-electron chi connectivity index (χ1n) is 6.09. The van der Waals surface area contributed by atoms with Crippen molar-refractivity contribution < 1.29 is 14.6 Å². The van der Waals surface area contributed by atoms with Crippen LogP contribution in [-0.2, 0) is 0 Å². The molecule has 1 aliphatic heterocycles. The molecule has 1 aliphatic rings. The number of methoxy groups -OCH3 is 1. The Kier molecular flexibility index (Phi) is 4.04. The van der Waals surface area contributed by atoms with E-state index < -0.39 is 0 Å². The summed E-state index contributed by atoms with van der Waals surface area (Å²) in [5.41, 5.74) is 0.503. The quantitative estimate of drug-likeness (QED) is 0.745. The first kappa shape index (κ1) is 12.7. The van der Waals surface area contributed by atoms with Crippen LogP contribution >= 0.6 is 0 Å². The van der Waals surface area contributed by atoms with E-state index in [0.29, 0.717) is 11.3 Å². The Morgan fingerprint density at radius 1 is 1.44 bits per heavy atom. The average Bonchev–Trinajstić information content (AvgIpc) is 2.40. The number of aromatic hydroxyl groups is 1. The van der Waals surface area contributed by atoms with Gasteiger partial charge in [0, 0.05) is 11.6 Å². The third kappa shape index (κ3) is 2.92. The summed E-state index contributed by atoms with van der Waals surface area (Å²) < 4.78 is 4.99. The maximum absolute atomic E-state index is 12.0. The van der Waals surface area contributed by atoms with Crippen LogP contribution in [0, 0.1) is 0 Å². The van der Waals surface area contributed by atoms with Gasteiger partial charge in [0.15, 0.2) is 11.5 Å². The molecule has 0 unspecified atom stereocenters. The van der Waals surface area contributed by atoms with Gasteiger partial charge in [-0.25, -0.2) is 0 Å². The van der Waals surface area contributed by atoms with Crippen LogP contribution in [0.15, 0.2) is 18.2 Å². The Balaban J connectivity index is 2.03. The number of amides is 1. The molecule has 1 fully saturated rings. The van der Waals surface area contributed by atoms with Crippen LogP contribution in [0.25, 0.3) is 0 Å². The molecule has 1 amide bonds. The Bertz CT molecular complexity index is 428. The number of piperidine rings is 1. The minimum Gasteiger partial charge on any atom is -0.504 e. The highest BCUT2D eigenvalue weighted by atomic mass is 16.5. The van der Waals surface area contributed by atoms with E-state index in [1.165, 1.54) is 13.2 Å². The summed E-state index contributed by atoms with van der Waals surface area (Å²) in [5.74, 6) is 0.226. The van der Waals surface area contributed by atoms with Gasteiger partial charge in [-0.05, 0) is 44.1 Å². The molecule has 0 saturated carbocycles. The maximum Gasteiger partial charge on any atom is 0.251 e. The maximum atomic E-state index is 12.0. The number of carbonyl (C=O) groups is 1. The summed E-state index contributed by atoms with van der Waals surface area (Å²) in [7, 11) is 1.46. The van der Waals surface area contributed by atoms with E-state index in [1.54, 1.807) is 12.1 Å². The summed E-state index contributed by atoms with van der Waals surface area (Å²) in [4.78, 5) is 12.0. The average molecular weight is 250 g/mol. The van der Waals surface area contributed by atoms with Crippen LogP contribution in [-0.4, -0.2) is 37.3 Å². The van der Waals surface area contributed by atoms with Gasteiger partial charge in [-0.3, -0.25) is 4.79 Å². The van der Waals surface area contributed by atoms with Crippen molar-refractivity contribution in [2.24, 2.45) is 0 Å². The van der Waals surface area contributed by atoms with Gasteiger partial charge in [-0.2, -0.15) is 0 Å². The van der Waals surface area contributed by atoms with Gasteiger partial charge in [0.25, 0.3) is 5.91 Å². The first-order valence-corrected chi connectivity index (χ1v) is 6.09. The molecule has 0 atom stereocenters. The molecular weight excluding hydrogens is 232 g/mol. The van der Waals surface area contributed by atoms with E-state index in [1.807, 2.05) is 0 Å². The molecule has 0 radical (unpaired) electrons. The number of phenolic OH excluding ortho intramolecular Hbond substituents is 1. The van der Waals surface area contributed by atoms with Gasteiger partial charge in [0.05, 0.1) is 7.11 Å². The van der Waals surface area contributed by atoms with Crippen molar-refractivity contribution in [3.05, 3.63) is 23.8 Å². The molecule has 0 bridgehead atoms. The van der Waals surface area contributed by atoms with Gasteiger partial charge in [-0.15, -0.1) is 0 Å². The topological polar surface area (TPSA) is 70.6 Å². The standard InChI is InChI=1S/C13H18N2O3/c1-18-12-8-9(2-3-11(12)16)13(17)15-10-4-6-14-7-5-10/h2-3,8,10,14,16H,4-7H2,1H3,(H,15,17). The summed E-state index contributed by atoms with van der Waals surface area (Å²) in [6.07, 6.45) is 1.89. The lowest BCUT2D eigenvalue weighted by atomic mass is 10.1. The molecule has 5 nitrogen and oxygen atoms in total. The zero-order valence-corrected chi connectivity index (χ0v) is 10.4. The second kappa shape index (κ2) is 5.73. The molecule has 3 N–H and O–H groups in total. The zero-order chi connectivity index (χ0) is 13.0. The number of ether oxygens (including phenoxy) is 1. The fourth-order valence-corrected chi connectivity index (χ4v) is 2.05. The molecule has 1 heterocycles. The first-order chi connectivity index (χ1) is 8.70. The highest BCUT2D eigenvalue weighted by molar-refractivity contribution is 5.95. The van der Waals surface area contributed by atoms with Crippen molar-refractivity contribution in [2.75, 3.05) is 20.2 Å². The van der Waals surface area contributed by atoms with Crippen molar-refractivity contribution in [3.63, 3.8) is 0 Å². The minimum absolute atomic E-state index is 0.0379. The lowest BCUT2D eigenvalue weighted by Crippen LogP contribution is -2.42. The summed E-state index contributed by atoms with van der Waals surface area (Å²) in [6.45, 7) is 1.87. The summed E-state index contributed by atoms with van der Waals surface area (Å²) >= 11 is 0. The second-order valence-corrected chi connectivity index (χ2v) is 4.38. The monoisotopic (exact) mass is 250 g/mol. The van der Waals surface area contributed by atoms with Crippen molar-refractivity contribution in [1.82, 2.24) is 10.6 Å². The van der Waals surface area contributed by atoms with Crippen molar-refractivity contribution >= 4 is 5.91 Å². The number of rotatable bonds is 3. The second-order valence-electron chi connectivity index (χ2n) is 4.38. The Morgan fingerprint density at radius 2 is 2.17 bits per heavy atom. The Morgan fingerprint density at radius 3 is 2.83 bits per heavy atom. The highest BCUT2D eigenvalue weighted by Gasteiger charge is 2.17. The third-order valence-electron chi connectivity index (χ3n) is 3.12. The summed E-state index contributed by atoms with van der Waals surface area (Å²) in [6, 6.07) is 4.83. The smallest absolute Gasteiger partial charge is 0.251 e. The van der Waals surface area contributed by atoms with Gasteiger partial charge in [0.1, 0.15) is 0 Å². The minimum atomic E-state index is -0.125. The Labute approximate surface area is 106 Å². The van der Waals surface area contributed by atoms with E-state index in [0.717, 1.165) is 25.9 Å². The number of benzene rings is 1. The summed E-state index contributed by atoms with van der Waals surface area (Å²) in [5, 5.41) is 15.7. The normalized spacial score (nSPS) is 16.3. The van der Waals surface area contributed by atoms with E-state index in [2.05, 4.69) is 10.6 Å².